The minimum atomic E-state index is -0.417. The van der Waals surface area contributed by atoms with Crippen molar-refractivity contribution < 1.29 is 4.79 Å². The molecule has 6 nitrogen and oxygen atoms in total. The zero-order chi connectivity index (χ0) is 11.3. The van der Waals surface area contributed by atoms with Crippen LogP contribution in [-0.2, 0) is 4.79 Å². The van der Waals surface area contributed by atoms with Gasteiger partial charge in [0.25, 0.3) is 5.56 Å². The minimum absolute atomic E-state index is 0.125. The Balaban J connectivity index is 2.62. The predicted octanol–water partition coefficient (Wildman–Crippen LogP) is -0.294. The molecule has 0 radical (unpaired) electrons. The normalized spacial score (nSPS) is 11.9. The number of hydrogen-bond acceptors (Lipinski definition) is 4. The first-order valence-electron chi connectivity index (χ1n) is 4.72. The van der Waals surface area contributed by atoms with Gasteiger partial charge in [-0.05, 0) is 13.8 Å². The highest BCUT2D eigenvalue weighted by atomic mass is 16.2. The van der Waals surface area contributed by atoms with Crippen LogP contribution in [0.3, 0.4) is 0 Å². The number of aromatic nitrogens is 2. The number of nitrogens with zero attached hydrogens (tertiary/aromatic N) is 1. The van der Waals surface area contributed by atoms with Gasteiger partial charge in [-0.1, -0.05) is 0 Å². The van der Waals surface area contributed by atoms with Gasteiger partial charge in [-0.3, -0.25) is 9.59 Å². The van der Waals surface area contributed by atoms with Crippen molar-refractivity contribution >= 4 is 11.7 Å². The third-order valence-corrected chi connectivity index (χ3v) is 1.79. The van der Waals surface area contributed by atoms with E-state index in [1.165, 1.54) is 12.4 Å². The van der Waals surface area contributed by atoms with Gasteiger partial charge in [-0.2, -0.15) is 0 Å². The van der Waals surface area contributed by atoms with Crippen molar-refractivity contribution in [1.29, 1.82) is 0 Å². The summed E-state index contributed by atoms with van der Waals surface area (Å²) in [6, 6.07) is 0.884. The third kappa shape index (κ3) is 3.41. The number of anilines is 1. The average molecular weight is 210 g/mol. The zero-order valence-corrected chi connectivity index (χ0v) is 8.70. The summed E-state index contributed by atoms with van der Waals surface area (Å²) in [5, 5.41) is 5.49. The molecule has 1 heterocycles. The molecule has 82 valence electrons. The highest BCUT2D eigenvalue weighted by Crippen LogP contribution is 1.98. The highest BCUT2D eigenvalue weighted by molar-refractivity contribution is 5.83. The van der Waals surface area contributed by atoms with Crippen LogP contribution in [0.4, 0.5) is 5.82 Å². The smallest absolute Gasteiger partial charge is 0.252 e. The average Bonchev–Trinajstić information content (AvgIpc) is 2.18. The molecule has 3 N–H and O–H groups in total. The van der Waals surface area contributed by atoms with E-state index in [4.69, 9.17) is 0 Å². The second-order valence-electron chi connectivity index (χ2n) is 3.06. The molecule has 0 spiro atoms. The molecule has 0 bridgehead atoms. The first-order valence-corrected chi connectivity index (χ1v) is 4.72. The van der Waals surface area contributed by atoms with Gasteiger partial charge >= 0.3 is 0 Å². The van der Waals surface area contributed by atoms with E-state index in [0.717, 1.165) is 0 Å². The van der Waals surface area contributed by atoms with E-state index < -0.39 is 6.04 Å². The molecule has 1 unspecified atom stereocenters. The summed E-state index contributed by atoms with van der Waals surface area (Å²) in [7, 11) is 0. The lowest BCUT2D eigenvalue weighted by Gasteiger charge is -2.12. The lowest BCUT2D eigenvalue weighted by molar-refractivity contribution is -0.121. The van der Waals surface area contributed by atoms with E-state index in [9.17, 15) is 9.59 Å². The van der Waals surface area contributed by atoms with Gasteiger partial charge in [0.2, 0.25) is 5.91 Å². The third-order valence-electron chi connectivity index (χ3n) is 1.79. The lowest BCUT2D eigenvalue weighted by Crippen LogP contribution is -2.37. The fraction of sp³-hybridized carbons (Fsp3) is 0.444. The summed E-state index contributed by atoms with van der Waals surface area (Å²) < 4.78 is 0. The summed E-state index contributed by atoms with van der Waals surface area (Å²) >= 11 is 0. The molecule has 1 aromatic heterocycles. The number of aromatic amines is 1. The van der Waals surface area contributed by atoms with E-state index in [0.29, 0.717) is 12.4 Å². The van der Waals surface area contributed by atoms with Crippen LogP contribution in [0.25, 0.3) is 0 Å². The van der Waals surface area contributed by atoms with Gasteiger partial charge in [0.1, 0.15) is 11.9 Å². The van der Waals surface area contributed by atoms with Crippen LogP contribution in [-0.4, -0.2) is 28.5 Å². The summed E-state index contributed by atoms with van der Waals surface area (Å²) in [4.78, 5) is 28.5. The number of carbonyl (C=O) groups excluding carboxylic acids is 1. The topological polar surface area (TPSA) is 86.9 Å². The van der Waals surface area contributed by atoms with Crippen LogP contribution in [0.15, 0.2) is 17.2 Å². The molecule has 6 heteroatoms. The number of rotatable bonds is 4. The SMILES string of the molecule is CCNC(=O)C(C)Nc1cc(=O)[nH]cn1. The van der Waals surface area contributed by atoms with Gasteiger partial charge in [0.05, 0.1) is 6.33 Å². The summed E-state index contributed by atoms with van der Waals surface area (Å²) in [6.07, 6.45) is 1.29. The van der Waals surface area contributed by atoms with Crippen LogP contribution < -0.4 is 16.2 Å². The molecule has 1 amide bonds. The molecule has 1 atom stereocenters. The molecular weight excluding hydrogens is 196 g/mol. The number of H-pyrrole nitrogens is 1. The van der Waals surface area contributed by atoms with Crippen LogP contribution in [0.1, 0.15) is 13.8 Å². The molecule has 15 heavy (non-hydrogen) atoms. The largest absolute Gasteiger partial charge is 0.358 e. The zero-order valence-electron chi connectivity index (χ0n) is 8.70. The second kappa shape index (κ2) is 5.14. The molecular formula is C9H14N4O2. The second-order valence-corrected chi connectivity index (χ2v) is 3.06. The van der Waals surface area contributed by atoms with Crippen molar-refractivity contribution in [2.24, 2.45) is 0 Å². The number of nitrogens with one attached hydrogen (secondary N) is 3. The Labute approximate surface area is 87.1 Å². The monoisotopic (exact) mass is 210 g/mol. The van der Waals surface area contributed by atoms with Crippen LogP contribution in [0.5, 0.6) is 0 Å². The first-order chi connectivity index (χ1) is 7.13. The maximum absolute atomic E-state index is 11.3. The Morgan fingerprint density at radius 3 is 3.00 bits per heavy atom. The Morgan fingerprint density at radius 2 is 2.40 bits per heavy atom. The van der Waals surface area contributed by atoms with Crippen molar-refractivity contribution in [2.45, 2.75) is 19.9 Å². The Kier molecular flexibility index (Phi) is 3.84. The van der Waals surface area contributed by atoms with Crippen LogP contribution >= 0.6 is 0 Å². The van der Waals surface area contributed by atoms with Crippen molar-refractivity contribution in [3.05, 3.63) is 22.7 Å². The predicted molar refractivity (Wildman–Crippen MR) is 56.6 cm³/mol. The number of hydrogen-bond donors (Lipinski definition) is 3. The Morgan fingerprint density at radius 1 is 1.67 bits per heavy atom. The van der Waals surface area contributed by atoms with Crippen LogP contribution in [0.2, 0.25) is 0 Å². The van der Waals surface area contributed by atoms with E-state index >= 15 is 0 Å². The molecule has 0 saturated carbocycles. The fourth-order valence-electron chi connectivity index (χ4n) is 1.06. The van der Waals surface area contributed by atoms with Gasteiger partial charge < -0.3 is 15.6 Å². The maximum Gasteiger partial charge on any atom is 0.252 e. The first kappa shape index (κ1) is 11.2. The van der Waals surface area contributed by atoms with Gasteiger partial charge in [0, 0.05) is 12.6 Å². The van der Waals surface area contributed by atoms with E-state index in [1.54, 1.807) is 6.92 Å². The number of carbonyl (C=O) groups is 1. The molecule has 0 aromatic carbocycles. The Bertz CT molecular complexity index is 388. The highest BCUT2D eigenvalue weighted by Gasteiger charge is 2.11. The van der Waals surface area contributed by atoms with E-state index in [-0.39, 0.29) is 11.5 Å². The number of amides is 1. The van der Waals surface area contributed by atoms with Crippen molar-refractivity contribution in [1.82, 2.24) is 15.3 Å². The van der Waals surface area contributed by atoms with Gasteiger partial charge in [0.15, 0.2) is 0 Å². The van der Waals surface area contributed by atoms with E-state index in [1.807, 2.05) is 6.92 Å². The summed E-state index contributed by atoms with van der Waals surface area (Å²) in [6.45, 7) is 4.12. The summed E-state index contributed by atoms with van der Waals surface area (Å²) in [5.74, 6) is 0.261. The molecule has 0 aliphatic heterocycles. The van der Waals surface area contributed by atoms with Gasteiger partial charge in [-0.15, -0.1) is 0 Å². The Hall–Kier alpha value is -1.85. The maximum atomic E-state index is 11.3. The number of likely N-dealkylation sites (N-methyl/N-ethyl adjacent to an activating group) is 1. The standard InChI is InChI=1S/C9H14N4O2/c1-3-10-9(15)6(2)13-7-4-8(14)12-5-11-7/h4-6H,3H2,1-2H3,(H,10,15)(H2,11,12,13,14). The molecule has 1 aromatic rings. The molecule has 0 fully saturated rings. The van der Waals surface area contributed by atoms with E-state index in [2.05, 4.69) is 20.6 Å². The molecule has 0 aliphatic rings. The molecule has 0 aliphatic carbocycles. The van der Waals surface area contributed by atoms with Crippen molar-refractivity contribution in [3.63, 3.8) is 0 Å². The fourth-order valence-corrected chi connectivity index (χ4v) is 1.06. The van der Waals surface area contributed by atoms with Crippen molar-refractivity contribution in [2.75, 3.05) is 11.9 Å². The van der Waals surface area contributed by atoms with Gasteiger partial charge in [-0.25, -0.2) is 4.98 Å². The quantitative estimate of drug-likeness (QED) is 0.637. The molecule has 1 rings (SSSR count). The molecule has 0 saturated heterocycles. The van der Waals surface area contributed by atoms with Crippen molar-refractivity contribution in [3.8, 4) is 0 Å². The lowest BCUT2D eigenvalue weighted by atomic mass is 10.3. The summed E-state index contributed by atoms with van der Waals surface area (Å²) in [5.41, 5.74) is -0.254. The minimum Gasteiger partial charge on any atom is -0.358 e. The van der Waals surface area contributed by atoms with Crippen LogP contribution in [0, 0.1) is 0 Å².